The largest absolute Gasteiger partial charge is 0.492 e. The molecule has 2 aromatic carbocycles. The molecule has 0 spiro atoms. The molecule has 29 heavy (non-hydrogen) atoms. The van der Waals surface area contributed by atoms with Crippen LogP contribution in [0.2, 0.25) is 0 Å². The van der Waals surface area contributed by atoms with Crippen LogP contribution in [-0.2, 0) is 9.53 Å². The van der Waals surface area contributed by atoms with E-state index in [0.717, 1.165) is 25.4 Å². The first-order valence-corrected chi connectivity index (χ1v) is 9.65. The predicted molar refractivity (Wildman–Crippen MR) is 108 cm³/mol. The molecule has 0 aliphatic carbocycles. The standard InChI is InChI=1S/C22H26N2O5/c1-27-22(26)18-6-5-9-20(16-18)29-17-21(25)24-12-10-23(11-13-24)14-15-28-19-7-3-2-4-8-19/h2-9,16H,10-15,17H2,1H3. The lowest BCUT2D eigenvalue weighted by Gasteiger charge is -2.34. The molecular weight excluding hydrogens is 372 g/mol. The van der Waals surface area contributed by atoms with Crippen LogP contribution in [0.25, 0.3) is 0 Å². The number of ether oxygens (including phenoxy) is 3. The van der Waals surface area contributed by atoms with Gasteiger partial charge in [-0.05, 0) is 30.3 Å². The van der Waals surface area contributed by atoms with E-state index in [4.69, 9.17) is 14.2 Å². The highest BCUT2D eigenvalue weighted by Crippen LogP contribution is 2.14. The van der Waals surface area contributed by atoms with Gasteiger partial charge in [-0.2, -0.15) is 0 Å². The molecule has 1 amide bonds. The lowest BCUT2D eigenvalue weighted by Crippen LogP contribution is -2.50. The highest BCUT2D eigenvalue weighted by atomic mass is 16.5. The molecule has 2 aromatic rings. The van der Waals surface area contributed by atoms with E-state index in [1.807, 2.05) is 30.3 Å². The minimum absolute atomic E-state index is 0.0538. The smallest absolute Gasteiger partial charge is 0.337 e. The topological polar surface area (TPSA) is 68.3 Å². The van der Waals surface area contributed by atoms with E-state index >= 15 is 0 Å². The highest BCUT2D eigenvalue weighted by molar-refractivity contribution is 5.89. The second-order valence-electron chi connectivity index (χ2n) is 6.69. The van der Waals surface area contributed by atoms with Crippen molar-refractivity contribution in [1.29, 1.82) is 0 Å². The second-order valence-corrected chi connectivity index (χ2v) is 6.69. The second kappa shape index (κ2) is 10.5. The molecule has 0 bridgehead atoms. The number of amides is 1. The minimum atomic E-state index is -0.436. The average molecular weight is 398 g/mol. The third kappa shape index (κ3) is 6.22. The Balaban J connectivity index is 1.37. The summed E-state index contributed by atoms with van der Waals surface area (Å²) in [5.41, 5.74) is 0.392. The van der Waals surface area contributed by atoms with Gasteiger partial charge in [0.1, 0.15) is 18.1 Å². The van der Waals surface area contributed by atoms with Gasteiger partial charge < -0.3 is 19.1 Å². The maximum Gasteiger partial charge on any atom is 0.337 e. The van der Waals surface area contributed by atoms with Crippen molar-refractivity contribution < 1.29 is 23.8 Å². The number of piperazine rings is 1. The van der Waals surface area contributed by atoms with Crippen LogP contribution in [0.15, 0.2) is 54.6 Å². The lowest BCUT2D eigenvalue weighted by atomic mass is 10.2. The Hall–Kier alpha value is -3.06. The van der Waals surface area contributed by atoms with Crippen LogP contribution in [-0.4, -0.2) is 74.7 Å². The van der Waals surface area contributed by atoms with Crippen molar-refractivity contribution in [2.24, 2.45) is 0 Å². The van der Waals surface area contributed by atoms with Gasteiger partial charge in [0.2, 0.25) is 0 Å². The lowest BCUT2D eigenvalue weighted by molar-refractivity contribution is -0.135. The zero-order chi connectivity index (χ0) is 20.5. The fraction of sp³-hybridized carbons (Fsp3) is 0.364. The molecular formula is C22H26N2O5. The van der Waals surface area contributed by atoms with Crippen LogP contribution in [0.1, 0.15) is 10.4 Å². The van der Waals surface area contributed by atoms with Crippen molar-refractivity contribution in [3.8, 4) is 11.5 Å². The third-order valence-electron chi connectivity index (χ3n) is 4.76. The van der Waals surface area contributed by atoms with Crippen molar-refractivity contribution in [1.82, 2.24) is 9.80 Å². The Morgan fingerprint density at radius 1 is 0.897 bits per heavy atom. The molecule has 1 aliphatic rings. The van der Waals surface area contributed by atoms with Crippen molar-refractivity contribution in [2.45, 2.75) is 0 Å². The Morgan fingerprint density at radius 3 is 2.34 bits per heavy atom. The van der Waals surface area contributed by atoms with E-state index in [-0.39, 0.29) is 12.5 Å². The van der Waals surface area contributed by atoms with E-state index in [2.05, 4.69) is 4.90 Å². The molecule has 154 valence electrons. The van der Waals surface area contributed by atoms with Crippen molar-refractivity contribution in [3.05, 3.63) is 60.2 Å². The molecule has 0 radical (unpaired) electrons. The first kappa shape index (κ1) is 20.7. The van der Waals surface area contributed by atoms with Crippen LogP contribution >= 0.6 is 0 Å². The van der Waals surface area contributed by atoms with Crippen LogP contribution in [0.4, 0.5) is 0 Å². The zero-order valence-corrected chi connectivity index (χ0v) is 16.6. The van der Waals surface area contributed by atoms with E-state index in [1.54, 1.807) is 29.2 Å². The summed E-state index contributed by atoms with van der Waals surface area (Å²) in [7, 11) is 1.33. The third-order valence-corrected chi connectivity index (χ3v) is 4.76. The number of carbonyl (C=O) groups is 2. The Morgan fingerprint density at radius 2 is 1.62 bits per heavy atom. The van der Waals surface area contributed by atoms with Gasteiger partial charge in [-0.15, -0.1) is 0 Å². The molecule has 1 saturated heterocycles. The molecule has 7 nitrogen and oxygen atoms in total. The summed E-state index contributed by atoms with van der Waals surface area (Å²) in [6.07, 6.45) is 0. The first-order valence-electron chi connectivity index (χ1n) is 9.65. The summed E-state index contributed by atoms with van der Waals surface area (Å²) in [5.74, 6) is 0.843. The number of hydrogen-bond acceptors (Lipinski definition) is 6. The Labute approximate surface area is 170 Å². The maximum absolute atomic E-state index is 12.4. The van der Waals surface area contributed by atoms with Gasteiger partial charge in [-0.1, -0.05) is 24.3 Å². The number of para-hydroxylation sites is 1. The molecule has 0 saturated carbocycles. The number of hydrogen-bond donors (Lipinski definition) is 0. The normalized spacial score (nSPS) is 14.3. The molecule has 1 fully saturated rings. The molecule has 3 rings (SSSR count). The van der Waals surface area contributed by atoms with E-state index in [0.29, 0.717) is 31.0 Å². The quantitative estimate of drug-likeness (QED) is 0.634. The molecule has 0 aromatic heterocycles. The van der Waals surface area contributed by atoms with E-state index in [9.17, 15) is 9.59 Å². The van der Waals surface area contributed by atoms with Gasteiger partial charge in [-0.3, -0.25) is 9.69 Å². The maximum atomic E-state index is 12.4. The summed E-state index contributed by atoms with van der Waals surface area (Å²) in [4.78, 5) is 28.1. The van der Waals surface area contributed by atoms with Gasteiger partial charge in [-0.25, -0.2) is 4.79 Å². The highest BCUT2D eigenvalue weighted by Gasteiger charge is 2.21. The molecule has 0 atom stereocenters. The zero-order valence-electron chi connectivity index (χ0n) is 16.6. The predicted octanol–water partition coefficient (Wildman–Crippen LogP) is 2.08. The summed E-state index contributed by atoms with van der Waals surface area (Å²) in [6.45, 7) is 4.34. The van der Waals surface area contributed by atoms with Crippen LogP contribution in [0.3, 0.4) is 0 Å². The number of benzene rings is 2. The van der Waals surface area contributed by atoms with E-state index < -0.39 is 5.97 Å². The van der Waals surface area contributed by atoms with Crippen molar-refractivity contribution in [3.63, 3.8) is 0 Å². The van der Waals surface area contributed by atoms with Crippen LogP contribution in [0.5, 0.6) is 11.5 Å². The molecule has 1 aliphatic heterocycles. The fourth-order valence-electron chi connectivity index (χ4n) is 3.10. The van der Waals surface area contributed by atoms with Crippen molar-refractivity contribution >= 4 is 11.9 Å². The van der Waals surface area contributed by atoms with Gasteiger partial charge in [0.05, 0.1) is 12.7 Å². The molecule has 1 heterocycles. The fourth-order valence-corrected chi connectivity index (χ4v) is 3.10. The van der Waals surface area contributed by atoms with Gasteiger partial charge in [0.15, 0.2) is 6.61 Å². The molecule has 0 unspecified atom stereocenters. The van der Waals surface area contributed by atoms with Gasteiger partial charge in [0.25, 0.3) is 5.91 Å². The minimum Gasteiger partial charge on any atom is -0.492 e. The van der Waals surface area contributed by atoms with Gasteiger partial charge >= 0.3 is 5.97 Å². The number of rotatable bonds is 8. The van der Waals surface area contributed by atoms with Crippen molar-refractivity contribution in [2.75, 3.05) is 53.0 Å². The number of nitrogens with zero attached hydrogens (tertiary/aromatic N) is 2. The van der Waals surface area contributed by atoms with E-state index in [1.165, 1.54) is 7.11 Å². The summed E-state index contributed by atoms with van der Waals surface area (Å²) in [6, 6.07) is 16.4. The average Bonchev–Trinajstić information content (AvgIpc) is 2.78. The monoisotopic (exact) mass is 398 g/mol. The number of carbonyl (C=O) groups excluding carboxylic acids is 2. The van der Waals surface area contributed by atoms with Crippen LogP contribution < -0.4 is 9.47 Å². The summed E-state index contributed by atoms with van der Waals surface area (Å²) < 4.78 is 16.0. The molecule has 7 heteroatoms. The Kier molecular flexibility index (Phi) is 7.47. The first-order chi connectivity index (χ1) is 14.2. The van der Waals surface area contributed by atoms with Gasteiger partial charge in [0, 0.05) is 32.7 Å². The number of esters is 1. The summed E-state index contributed by atoms with van der Waals surface area (Å²) >= 11 is 0. The SMILES string of the molecule is COC(=O)c1cccc(OCC(=O)N2CCN(CCOc3ccccc3)CC2)c1. The molecule has 0 N–H and O–H groups in total. The number of methoxy groups -OCH3 is 1. The Bertz CT molecular complexity index is 804. The van der Waals surface area contributed by atoms with Crippen LogP contribution in [0, 0.1) is 0 Å². The summed E-state index contributed by atoms with van der Waals surface area (Å²) in [5, 5.41) is 0.